The van der Waals surface area contributed by atoms with Gasteiger partial charge in [0.25, 0.3) is 5.88 Å². The molecule has 1 N–H and O–H groups in total. The summed E-state index contributed by atoms with van der Waals surface area (Å²) >= 11 is 0. The SMILES string of the molecule is CCCCOCCOc1ncnc(NCC)c1OC. The van der Waals surface area contributed by atoms with Gasteiger partial charge in [0.15, 0.2) is 5.82 Å². The number of nitrogens with zero attached hydrogens (tertiary/aromatic N) is 2. The molecule has 0 unspecified atom stereocenters. The van der Waals surface area contributed by atoms with Crippen LogP contribution in [0.1, 0.15) is 26.7 Å². The summed E-state index contributed by atoms with van der Waals surface area (Å²) in [5.41, 5.74) is 0. The predicted molar refractivity (Wildman–Crippen MR) is 74.0 cm³/mol. The fourth-order valence-electron chi connectivity index (χ4n) is 1.48. The van der Waals surface area contributed by atoms with E-state index in [0.29, 0.717) is 30.7 Å². The number of methoxy groups -OCH3 is 1. The molecule has 0 radical (unpaired) electrons. The fourth-order valence-corrected chi connectivity index (χ4v) is 1.48. The first-order valence-corrected chi connectivity index (χ1v) is 6.66. The molecule has 0 saturated heterocycles. The largest absolute Gasteiger partial charge is 0.489 e. The van der Waals surface area contributed by atoms with Crippen molar-refractivity contribution in [2.75, 3.05) is 38.8 Å². The van der Waals surface area contributed by atoms with Gasteiger partial charge >= 0.3 is 0 Å². The molecule has 1 aromatic rings. The lowest BCUT2D eigenvalue weighted by atomic mass is 10.4. The summed E-state index contributed by atoms with van der Waals surface area (Å²) in [5.74, 6) is 1.60. The van der Waals surface area contributed by atoms with Crippen molar-refractivity contribution in [3.63, 3.8) is 0 Å². The van der Waals surface area contributed by atoms with Gasteiger partial charge in [0, 0.05) is 13.2 Å². The molecule has 0 aliphatic rings. The maximum Gasteiger partial charge on any atom is 0.262 e. The summed E-state index contributed by atoms with van der Waals surface area (Å²) in [6, 6.07) is 0. The van der Waals surface area contributed by atoms with Gasteiger partial charge in [0.1, 0.15) is 12.9 Å². The molecular formula is C13H23N3O3. The predicted octanol–water partition coefficient (Wildman–Crippen LogP) is 2.11. The van der Waals surface area contributed by atoms with Crippen molar-refractivity contribution < 1.29 is 14.2 Å². The maximum atomic E-state index is 5.55. The second kappa shape index (κ2) is 9.38. The molecule has 0 aliphatic heterocycles. The summed E-state index contributed by atoms with van der Waals surface area (Å²) in [5, 5.41) is 3.10. The van der Waals surface area contributed by atoms with E-state index in [0.717, 1.165) is 26.0 Å². The van der Waals surface area contributed by atoms with Gasteiger partial charge in [-0.1, -0.05) is 13.3 Å². The van der Waals surface area contributed by atoms with E-state index in [1.54, 1.807) is 7.11 Å². The first kappa shape index (κ1) is 15.5. The highest BCUT2D eigenvalue weighted by Gasteiger charge is 2.12. The molecule has 6 nitrogen and oxygen atoms in total. The summed E-state index contributed by atoms with van der Waals surface area (Å²) in [7, 11) is 1.57. The summed E-state index contributed by atoms with van der Waals surface area (Å²) in [4.78, 5) is 8.18. The monoisotopic (exact) mass is 269 g/mol. The Morgan fingerprint density at radius 1 is 1.16 bits per heavy atom. The number of aromatic nitrogens is 2. The third kappa shape index (κ3) is 5.30. The van der Waals surface area contributed by atoms with E-state index >= 15 is 0 Å². The van der Waals surface area contributed by atoms with Crippen LogP contribution in [0.3, 0.4) is 0 Å². The van der Waals surface area contributed by atoms with Crippen LogP contribution in [-0.2, 0) is 4.74 Å². The molecule has 1 rings (SSSR count). The average molecular weight is 269 g/mol. The van der Waals surface area contributed by atoms with Crippen LogP contribution in [0.2, 0.25) is 0 Å². The molecule has 0 aromatic carbocycles. The highest BCUT2D eigenvalue weighted by atomic mass is 16.5. The molecule has 19 heavy (non-hydrogen) atoms. The Hall–Kier alpha value is -1.56. The van der Waals surface area contributed by atoms with Crippen molar-refractivity contribution in [3.8, 4) is 11.6 Å². The lowest BCUT2D eigenvalue weighted by Crippen LogP contribution is -2.10. The Bertz CT molecular complexity index is 361. The molecule has 0 fully saturated rings. The molecule has 0 amide bonds. The van der Waals surface area contributed by atoms with Crippen molar-refractivity contribution >= 4 is 5.82 Å². The number of unbranched alkanes of at least 4 members (excludes halogenated alkanes) is 1. The normalized spacial score (nSPS) is 10.3. The number of hydrogen-bond acceptors (Lipinski definition) is 6. The van der Waals surface area contributed by atoms with Gasteiger partial charge in [0.05, 0.1) is 13.7 Å². The van der Waals surface area contributed by atoms with Crippen LogP contribution >= 0.6 is 0 Å². The molecule has 0 aliphatic carbocycles. The second-order valence-electron chi connectivity index (χ2n) is 3.91. The van der Waals surface area contributed by atoms with Crippen LogP contribution in [0.5, 0.6) is 11.6 Å². The minimum absolute atomic E-state index is 0.438. The van der Waals surface area contributed by atoms with Gasteiger partial charge in [-0.15, -0.1) is 0 Å². The third-order valence-electron chi connectivity index (χ3n) is 2.43. The number of hydrogen-bond donors (Lipinski definition) is 1. The zero-order valence-electron chi connectivity index (χ0n) is 11.9. The summed E-state index contributed by atoms with van der Waals surface area (Å²) in [6.07, 6.45) is 3.65. The minimum Gasteiger partial charge on any atom is -0.489 e. The van der Waals surface area contributed by atoms with Gasteiger partial charge in [-0.3, -0.25) is 0 Å². The van der Waals surface area contributed by atoms with E-state index in [2.05, 4.69) is 22.2 Å². The quantitative estimate of drug-likeness (QED) is 0.656. The molecule has 1 heterocycles. The standard InChI is InChI=1S/C13H23N3O3/c1-4-6-7-18-8-9-19-13-11(17-3)12(14-5-2)15-10-16-13/h10H,4-9H2,1-3H3,(H,14,15,16). The molecule has 0 spiro atoms. The third-order valence-corrected chi connectivity index (χ3v) is 2.43. The van der Waals surface area contributed by atoms with Crippen LogP contribution in [0.25, 0.3) is 0 Å². The zero-order valence-corrected chi connectivity index (χ0v) is 11.9. The Morgan fingerprint density at radius 3 is 2.68 bits per heavy atom. The van der Waals surface area contributed by atoms with E-state index in [-0.39, 0.29) is 0 Å². The van der Waals surface area contributed by atoms with Gasteiger partial charge < -0.3 is 19.5 Å². The summed E-state index contributed by atoms with van der Waals surface area (Å²) in [6.45, 7) is 6.64. The molecule has 6 heteroatoms. The van der Waals surface area contributed by atoms with E-state index < -0.39 is 0 Å². The number of nitrogens with one attached hydrogen (secondary N) is 1. The molecule has 1 aromatic heterocycles. The zero-order chi connectivity index (χ0) is 13.9. The first-order chi connectivity index (χ1) is 9.33. The van der Waals surface area contributed by atoms with Crippen molar-refractivity contribution in [3.05, 3.63) is 6.33 Å². The van der Waals surface area contributed by atoms with Crippen LogP contribution in [-0.4, -0.2) is 43.4 Å². The molecule has 0 atom stereocenters. The molecule has 0 bridgehead atoms. The molecule has 0 saturated carbocycles. The lowest BCUT2D eigenvalue weighted by molar-refractivity contribution is 0.0953. The fraction of sp³-hybridized carbons (Fsp3) is 0.692. The molecule has 108 valence electrons. The van der Waals surface area contributed by atoms with Crippen molar-refractivity contribution in [2.45, 2.75) is 26.7 Å². The highest BCUT2D eigenvalue weighted by molar-refractivity contribution is 5.54. The Balaban J connectivity index is 2.46. The minimum atomic E-state index is 0.438. The Kier molecular flexibility index (Phi) is 7.65. The lowest BCUT2D eigenvalue weighted by Gasteiger charge is -2.12. The Morgan fingerprint density at radius 2 is 2.00 bits per heavy atom. The van der Waals surface area contributed by atoms with Gasteiger partial charge in [-0.25, -0.2) is 4.98 Å². The van der Waals surface area contributed by atoms with Gasteiger partial charge in [0.2, 0.25) is 5.75 Å². The smallest absolute Gasteiger partial charge is 0.262 e. The van der Waals surface area contributed by atoms with Crippen molar-refractivity contribution in [2.24, 2.45) is 0 Å². The van der Waals surface area contributed by atoms with Gasteiger partial charge in [-0.05, 0) is 13.3 Å². The van der Waals surface area contributed by atoms with E-state index in [9.17, 15) is 0 Å². The maximum absolute atomic E-state index is 5.55. The highest BCUT2D eigenvalue weighted by Crippen LogP contribution is 2.30. The van der Waals surface area contributed by atoms with Gasteiger partial charge in [-0.2, -0.15) is 4.98 Å². The van der Waals surface area contributed by atoms with Crippen LogP contribution < -0.4 is 14.8 Å². The first-order valence-electron chi connectivity index (χ1n) is 6.66. The van der Waals surface area contributed by atoms with Crippen LogP contribution in [0.4, 0.5) is 5.82 Å². The topological polar surface area (TPSA) is 65.5 Å². The number of anilines is 1. The van der Waals surface area contributed by atoms with E-state index in [1.165, 1.54) is 6.33 Å². The number of rotatable bonds is 10. The Labute approximate surface area is 114 Å². The second-order valence-corrected chi connectivity index (χ2v) is 3.91. The van der Waals surface area contributed by atoms with Crippen molar-refractivity contribution in [1.82, 2.24) is 9.97 Å². The van der Waals surface area contributed by atoms with Crippen LogP contribution in [0.15, 0.2) is 6.33 Å². The number of ether oxygens (including phenoxy) is 3. The van der Waals surface area contributed by atoms with E-state index in [1.807, 2.05) is 6.92 Å². The molecular weight excluding hydrogens is 246 g/mol. The van der Waals surface area contributed by atoms with Crippen LogP contribution in [0, 0.1) is 0 Å². The average Bonchev–Trinajstić information content (AvgIpc) is 2.43. The van der Waals surface area contributed by atoms with Crippen molar-refractivity contribution in [1.29, 1.82) is 0 Å². The van der Waals surface area contributed by atoms with E-state index in [4.69, 9.17) is 14.2 Å². The summed E-state index contributed by atoms with van der Waals surface area (Å²) < 4.78 is 16.2.